The number of benzene rings is 2. The second-order valence-electron chi connectivity index (χ2n) is 7.50. The van der Waals surface area contributed by atoms with Crippen LogP contribution in [0.5, 0.6) is 28.7 Å². The summed E-state index contributed by atoms with van der Waals surface area (Å²) in [7, 11) is 4.68. The Balaban J connectivity index is 1.51. The Morgan fingerprint density at radius 1 is 1.00 bits per heavy atom. The Hall–Kier alpha value is -3.09. The van der Waals surface area contributed by atoms with Crippen LogP contribution < -0.4 is 29.0 Å². The van der Waals surface area contributed by atoms with Crippen molar-refractivity contribution in [3.05, 3.63) is 41.5 Å². The largest absolute Gasteiger partial charge is 0.493 e. The zero-order valence-electron chi connectivity index (χ0n) is 17.5. The highest BCUT2D eigenvalue weighted by Gasteiger charge is 2.34. The average molecular weight is 413 g/mol. The van der Waals surface area contributed by atoms with Gasteiger partial charge in [0.05, 0.1) is 33.8 Å². The Morgan fingerprint density at radius 2 is 1.67 bits per heavy atom. The van der Waals surface area contributed by atoms with Crippen LogP contribution in [0.15, 0.2) is 30.3 Å². The van der Waals surface area contributed by atoms with Gasteiger partial charge in [-0.1, -0.05) is 6.07 Å². The zero-order valence-corrected chi connectivity index (χ0v) is 17.5. The van der Waals surface area contributed by atoms with E-state index in [-0.39, 0.29) is 18.4 Å². The van der Waals surface area contributed by atoms with Crippen LogP contribution in [-0.2, 0) is 11.2 Å². The molecule has 1 fully saturated rings. The van der Waals surface area contributed by atoms with Crippen LogP contribution in [0.25, 0.3) is 0 Å². The second kappa shape index (κ2) is 8.73. The monoisotopic (exact) mass is 413 g/mol. The normalized spacial score (nSPS) is 15.8. The zero-order chi connectivity index (χ0) is 21.1. The molecule has 0 spiro atoms. The lowest BCUT2D eigenvalue weighted by atomic mass is 10.0. The van der Waals surface area contributed by atoms with Crippen molar-refractivity contribution in [2.24, 2.45) is 5.92 Å². The van der Waals surface area contributed by atoms with Gasteiger partial charge in [0, 0.05) is 0 Å². The van der Waals surface area contributed by atoms with Gasteiger partial charge in [-0.3, -0.25) is 4.79 Å². The summed E-state index contributed by atoms with van der Waals surface area (Å²) in [6, 6.07) is 9.47. The van der Waals surface area contributed by atoms with E-state index in [4.69, 9.17) is 23.7 Å². The molecule has 1 atom stereocenters. The van der Waals surface area contributed by atoms with Gasteiger partial charge in [0.2, 0.25) is 11.7 Å². The maximum absolute atomic E-state index is 12.9. The third-order valence-electron chi connectivity index (χ3n) is 5.42. The van der Waals surface area contributed by atoms with Gasteiger partial charge >= 0.3 is 0 Å². The first-order valence-electron chi connectivity index (χ1n) is 10.1. The molecule has 1 aliphatic carbocycles. The standard InChI is InChI=1S/C23H27NO6/c1-26-19-10-14(11-20(27-2)23(19)28-3)12-21(25)24-22(15-4-5-15)16-6-7-17-18(13-16)30-9-8-29-17/h6-7,10-11,13,15,22H,4-5,8-9,12H2,1-3H3,(H,24,25). The van der Waals surface area contributed by atoms with E-state index in [1.54, 1.807) is 33.5 Å². The lowest BCUT2D eigenvalue weighted by molar-refractivity contribution is -0.121. The maximum Gasteiger partial charge on any atom is 0.224 e. The molecule has 160 valence electrons. The summed E-state index contributed by atoms with van der Waals surface area (Å²) in [5.74, 6) is 3.45. The number of carbonyl (C=O) groups excluding carboxylic acids is 1. The Bertz CT molecular complexity index is 899. The Kier molecular flexibility index (Phi) is 5.88. The molecule has 0 aromatic heterocycles. The molecular weight excluding hydrogens is 386 g/mol. The summed E-state index contributed by atoms with van der Waals surface area (Å²) >= 11 is 0. The van der Waals surface area contributed by atoms with Gasteiger partial charge in [0.1, 0.15) is 13.2 Å². The molecule has 30 heavy (non-hydrogen) atoms. The Morgan fingerprint density at radius 3 is 2.27 bits per heavy atom. The van der Waals surface area contributed by atoms with Crippen molar-refractivity contribution in [2.45, 2.75) is 25.3 Å². The van der Waals surface area contributed by atoms with Crippen LogP contribution in [0, 0.1) is 5.92 Å². The van der Waals surface area contributed by atoms with Crippen molar-refractivity contribution in [3.8, 4) is 28.7 Å². The van der Waals surface area contributed by atoms with Crippen LogP contribution in [0.1, 0.15) is 30.0 Å². The number of hydrogen-bond acceptors (Lipinski definition) is 6. The lowest BCUT2D eigenvalue weighted by Crippen LogP contribution is -2.31. The number of carbonyl (C=O) groups is 1. The second-order valence-corrected chi connectivity index (χ2v) is 7.50. The first-order valence-corrected chi connectivity index (χ1v) is 10.1. The van der Waals surface area contributed by atoms with Crippen molar-refractivity contribution in [1.29, 1.82) is 0 Å². The molecule has 7 nitrogen and oxygen atoms in total. The summed E-state index contributed by atoms with van der Waals surface area (Å²) in [5, 5.41) is 3.21. The van der Waals surface area contributed by atoms with Gasteiger partial charge in [-0.05, 0) is 54.2 Å². The van der Waals surface area contributed by atoms with Crippen LogP contribution in [0.3, 0.4) is 0 Å². The van der Waals surface area contributed by atoms with Crippen LogP contribution >= 0.6 is 0 Å². The molecule has 1 aliphatic heterocycles. The van der Waals surface area contributed by atoms with E-state index in [1.165, 1.54) is 0 Å². The third kappa shape index (κ3) is 4.25. The lowest BCUT2D eigenvalue weighted by Gasteiger charge is -2.23. The van der Waals surface area contributed by atoms with Crippen LogP contribution in [0.2, 0.25) is 0 Å². The molecule has 2 aromatic rings. The number of rotatable bonds is 8. The predicted molar refractivity (Wildman–Crippen MR) is 111 cm³/mol. The molecule has 1 N–H and O–H groups in total. The van der Waals surface area contributed by atoms with E-state index < -0.39 is 0 Å². The quantitative estimate of drug-likeness (QED) is 0.716. The summed E-state index contributed by atoms with van der Waals surface area (Å²) in [6.45, 7) is 1.10. The fraction of sp³-hybridized carbons (Fsp3) is 0.435. The highest BCUT2D eigenvalue weighted by molar-refractivity contribution is 5.79. The van der Waals surface area contributed by atoms with Crippen molar-refractivity contribution < 1.29 is 28.5 Å². The summed E-state index contributed by atoms with van der Waals surface area (Å²) in [4.78, 5) is 12.9. The molecule has 2 aliphatic rings. The highest BCUT2D eigenvalue weighted by Crippen LogP contribution is 2.43. The van der Waals surface area contributed by atoms with Crippen molar-refractivity contribution in [3.63, 3.8) is 0 Å². The molecular formula is C23H27NO6. The van der Waals surface area contributed by atoms with Gasteiger partial charge in [-0.2, -0.15) is 0 Å². The van der Waals surface area contributed by atoms with Crippen molar-refractivity contribution >= 4 is 5.91 Å². The van der Waals surface area contributed by atoms with Gasteiger partial charge in [0.25, 0.3) is 0 Å². The number of fused-ring (bicyclic) bond motifs is 1. The minimum Gasteiger partial charge on any atom is -0.493 e. The smallest absolute Gasteiger partial charge is 0.224 e. The van der Waals surface area contributed by atoms with E-state index in [1.807, 2.05) is 18.2 Å². The summed E-state index contributed by atoms with van der Waals surface area (Å²) in [5.41, 5.74) is 1.83. The SMILES string of the molecule is COc1cc(CC(=O)NC(c2ccc3c(c2)OCCO3)C2CC2)cc(OC)c1OC. The van der Waals surface area contributed by atoms with E-state index in [0.717, 1.165) is 35.5 Å². The molecule has 1 amide bonds. The number of amides is 1. The highest BCUT2D eigenvalue weighted by atomic mass is 16.6. The Labute approximate surface area is 176 Å². The summed E-state index contributed by atoms with van der Waals surface area (Å²) < 4.78 is 27.5. The number of methoxy groups -OCH3 is 3. The van der Waals surface area contributed by atoms with E-state index in [2.05, 4.69) is 5.32 Å². The average Bonchev–Trinajstić information content (AvgIpc) is 3.61. The number of nitrogens with one attached hydrogen (secondary N) is 1. The molecule has 1 heterocycles. The number of hydrogen-bond donors (Lipinski definition) is 1. The molecule has 7 heteroatoms. The first kappa shape index (κ1) is 20.2. The molecule has 0 bridgehead atoms. The fourth-order valence-corrected chi connectivity index (χ4v) is 3.80. The maximum atomic E-state index is 12.9. The minimum atomic E-state index is -0.0592. The molecule has 1 saturated carbocycles. The predicted octanol–water partition coefficient (Wildman–Crippen LogP) is 3.29. The topological polar surface area (TPSA) is 75.3 Å². The van der Waals surface area contributed by atoms with Crippen LogP contribution in [0.4, 0.5) is 0 Å². The van der Waals surface area contributed by atoms with E-state index in [9.17, 15) is 4.79 Å². The van der Waals surface area contributed by atoms with Gasteiger partial charge in [0.15, 0.2) is 23.0 Å². The van der Waals surface area contributed by atoms with E-state index >= 15 is 0 Å². The van der Waals surface area contributed by atoms with E-state index in [0.29, 0.717) is 36.4 Å². The van der Waals surface area contributed by atoms with Gasteiger partial charge < -0.3 is 29.0 Å². The van der Waals surface area contributed by atoms with Crippen LogP contribution in [-0.4, -0.2) is 40.5 Å². The minimum absolute atomic E-state index is 0.0460. The molecule has 4 rings (SSSR count). The fourth-order valence-electron chi connectivity index (χ4n) is 3.80. The van der Waals surface area contributed by atoms with Gasteiger partial charge in [-0.25, -0.2) is 0 Å². The molecule has 1 unspecified atom stereocenters. The molecule has 0 saturated heterocycles. The summed E-state index contributed by atoms with van der Waals surface area (Å²) in [6.07, 6.45) is 2.41. The number of ether oxygens (including phenoxy) is 5. The molecule has 2 aromatic carbocycles. The van der Waals surface area contributed by atoms with Crippen molar-refractivity contribution in [2.75, 3.05) is 34.5 Å². The van der Waals surface area contributed by atoms with Gasteiger partial charge in [-0.15, -0.1) is 0 Å². The first-order chi connectivity index (χ1) is 14.6. The third-order valence-corrected chi connectivity index (χ3v) is 5.42. The van der Waals surface area contributed by atoms with Crippen molar-refractivity contribution in [1.82, 2.24) is 5.32 Å². The molecule has 0 radical (unpaired) electrons.